The van der Waals surface area contributed by atoms with Crippen molar-refractivity contribution in [1.29, 1.82) is 0 Å². The van der Waals surface area contributed by atoms with E-state index in [0.29, 0.717) is 5.56 Å². The molecule has 8 heteroatoms. The summed E-state index contributed by atoms with van der Waals surface area (Å²) in [5.74, 6) is -2.12. The normalized spacial score (nSPS) is 9.40. The summed E-state index contributed by atoms with van der Waals surface area (Å²) < 4.78 is 0. The standard InChI is InChI=1S/C9H8O3.C3H7N3O2/c10-8-3-1-2-7(6-8)4-5-9(11)12;4-3(5)6-1-2(7)8/h1-6,10H,(H,11,12);1H2,(H,7,8)(H4,4,5,6). The second-order valence-corrected chi connectivity index (χ2v) is 3.40. The molecule has 0 spiro atoms. The molecule has 1 rings (SSSR count). The summed E-state index contributed by atoms with van der Waals surface area (Å²) in [5, 5.41) is 25.2. The molecule has 0 aromatic heterocycles. The number of carboxylic acid groups (broad SMARTS) is 2. The Hall–Kier alpha value is -3.03. The first-order valence-corrected chi connectivity index (χ1v) is 5.28. The van der Waals surface area contributed by atoms with Gasteiger partial charge in [-0.2, -0.15) is 0 Å². The van der Waals surface area contributed by atoms with Gasteiger partial charge in [0, 0.05) is 6.08 Å². The van der Waals surface area contributed by atoms with Gasteiger partial charge < -0.3 is 26.8 Å². The number of carbonyl (C=O) groups is 2. The number of guanidine groups is 1. The van der Waals surface area contributed by atoms with Crippen molar-refractivity contribution in [3.05, 3.63) is 35.9 Å². The van der Waals surface area contributed by atoms with E-state index < -0.39 is 11.9 Å². The van der Waals surface area contributed by atoms with Crippen molar-refractivity contribution < 1.29 is 24.9 Å². The van der Waals surface area contributed by atoms with Gasteiger partial charge in [0.25, 0.3) is 0 Å². The Labute approximate surface area is 114 Å². The molecule has 0 saturated heterocycles. The zero-order valence-corrected chi connectivity index (χ0v) is 10.4. The molecular weight excluding hydrogens is 266 g/mol. The van der Waals surface area contributed by atoms with E-state index in [1.165, 1.54) is 18.2 Å². The number of phenols is 1. The zero-order valence-electron chi connectivity index (χ0n) is 10.4. The van der Waals surface area contributed by atoms with Gasteiger partial charge >= 0.3 is 11.9 Å². The molecule has 0 saturated carbocycles. The lowest BCUT2D eigenvalue weighted by atomic mass is 10.2. The van der Waals surface area contributed by atoms with E-state index in [0.717, 1.165) is 6.08 Å². The fourth-order valence-corrected chi connectivity index (χ4v) is 0.955. The number of phenolic OH excluding ortho intramolecular Hbond substituents is 1. The summed E-state index contributed by atoms with van der Waals surface area (Å²) >= 11 is 0. The molecule has 108 valence electrons. The molecule has 0 radical (unpaired) electrons. The highest BCUT2D eigenvalue weighted by atomic mass is 16.4. The maximum Gasteiger partial charge on any atom is 0.328 e. The number of hydrogen-bond donors (Lipinski definition) is 5. The van der Waals surface area contributed by atoms with Crippen molar-refractivity contribution >= 4 is 24.0 Å². The highest BCUT2D eigenvalue weighted by Gasteiger charge is 1.91. The van der Waals surface area contributed by atoms with Crippen LogP contribution in [0.2, 0.25) is 0 Å². The minimum Gasteiger partial charge on any atom is -0.508 e. The van der Waals surface area contributed by atoms with Crippen LogP contribution in [-0.2, 0) is 9.59 Å². The van der Waals surface area contributed by atoms with E-state index in [1.54, 1.807) is 12.1 Å². The third-order valence-electron chi connectivity index (χ3n) is 1.69. The topological polar surface area (TPSA) is 159 Å². The Morgan fingerprint density at radius 2 is 1.90 bits per heavy atom. The van der Waals surface area contributed by atoms with Crippen LogP contribution >= 0.6 is 0 Å². The van der Waals surface area contributed by atoms with Crippen LogP contribution in [0.4, 0.5) is 0 Å². The van der Waals surface area contributed by atoms with Crippen molar-refractivity contribution in [2.75, 3.05) is 6.54 Å². The molecular formula is C12H15N3O5. The van der Waals surface area contributed by atoms with E-state index in [-0.39, 0.29) is 18.3 Å². The first-order valence-electron chi connectivity index (χ1n) is 5.28. The lowest BCUT2D eigenvalue weighted by molar-refractivity contribution is -0.135. The van der Waals surface area contributed by atoms with Crippen LogP contribution in [-0.4, -0.2) is 39.8 Å². The van der Waals surface area contributed by atoms with Crippen LogP contribution < -0.4 is 11.5 Å². The van der Waals surface area contributed by atoms with Crippen LogP contribution in [0.15, 0.2) is 35.3 Å². The van der Waals surface area contributed by atoms with Gasteiger partial charge in [-0.1, -0.05) is 12.1 Å². The number of nitrogens with zero attached hydrogens (tertiary/aromatic N) is 1. The molecule has 20 heavy (non-hydrogen) atoms. The zero-order chi connectivity index (χ0) is 15.5. The largest absolute Gasteiger partial charge is 0.508 e. The predicted octanol–water partition coefficient (Wildman–Crippen LogP) is -0.166. The maximum absolute atomic E-state index is 10.1. The Morgan fingerprint density at radius 3 is 2.30 bits per heavy atom. The van der Waals surface area contributed by atoms with Gasteiger partial charge in [-0.05, 0) is 23.8 Å². The van der Waals surface area contributed by atoms with Crippen molar-refractivity contribution in [1.82, 2.24) is 0 Å². The highest BCUT2D eigenvalue weighted by Crippen LogP contribution is 2.11. The van der Waals surface area contributed by atoms with Crippen LogP contribution in [0.3, 0.4) is 0 Å². The lowest BCUT2D eigenvalue weighted by Crippen LogP contribution is -2.24. The molecule has 0 bridgehead atoms. The van der Waals surface area contributed by atoms with E-state index in [9.17, 15) is 9.59 Å². The van der Waals surface area contributed by atoms with Crippen LogP contribution in [0.5, 0.6) is 5.75 Å². The molecule has 0 aliphatic rings. The summed E-state index contributed by atoms with van der Waals surface area (Å²) in [4.78, 5) is 23.0. The Kier molecular flexibility index (Phi) is 7.61. The highest BCUT2D eigenvalue weighted by molar-refractivity contribution is 5.85. The van der Waals surface area contributed by atoms with Gasteiger partial charge in [-0.15, -0.1) is 0 Å². The summed E-state index contributed by atoms with van der Waals surface area (Å²) in [6.45, 7) is -0.359. The van der Waals surface area contributed by atoms with Crippen molar-refractivity contribution in [3.63, 3.8) is 0 Å². The number of aliphatic imine (C=N–C) groups is 1. The number of carboxylic acids is 2. The molecule has 0 atom stereocenters. The molecule has 0 unspecified atom stereocenters. The van der Waals surface area contributed by atoms with E-state index in [2.05, 4.69) is 4.99 Å². The van der Waals surface area contributed by atoms with Crippen LogP contribution in [0.1, 0.15) is 5.56 Å². The average molecular weight is 281 g/mol. The number of benzene rings is 1. The first kappa shape index (κ1) is 17.0. The van der Waals surface area contributed by atoms with Crippen LogP contribution in [0, 0.1) is 0 Å². The minimum absolute atomic E-state index is 0.127. The Bertz CT molecular complexity index is 522. The van der Waals surface area contributed by atoms with Gasteiger partial charge in [-0.25, -0.2) is 9.79 Å². The summed E-state index contributed by atoms with van der Waals surface area (Å²) in [6, 6.07) is 6.37. The monoisotopic (exact) mass is 281 g/mol. The number of rotatable bonds is 4. The second-order valence-electron chi connectivity index (χ2n) is 3.40. The third-order valence-corrected chi connectivity index (χ3v) is 1.69. The van der Waals surface area contributed by atoms with Gasteiger partial charge in [0.15, 0.2) is 5.96 Å². The molecule has 0 amide bonds. The molecule has 0 aliphatic carbocycles. The Morgan fingerprint density at radius 1 is 1.25 bits per heavy atom. The van der Waals surface area contributed by atoms with E-state index in [4.69, 9.17) is 26.8 Å². The summed E-state index contributed by atoms with van der Waals surface area (Å²) in [6.07, 6.45) is 2.44. The summed E-state index contributed by atoms with van der Waals surface area (Å²) in [7, 11) is 0. The maximum atomic E-state index is 10.1. The lowest BCUT2D eigenvalue weighted by Gasteiger charge is -1.92. The smallest absolute Gasteiger partial charge is 0.328 e. The molecule has 7 N–H and O–H groups in total. The quantitative estimate of drug-likeness (QED) is 0.291. The molecule has 0 heterocycles. The molecule has 0 fully saturated rings. The molecule has 1 aromatic rings. The van der Waals surface area contributed by atoms with Gasteiger partial charge in [0.05, 0.1) is 0 Å². The van der Waals surface area contributed by atoms with Crippen molar-refractivity contribution in [3.8, 4) is 5.75 Å². The first-order chi connectivity index (χ1) is 9.31. The van der Waals surface area contributed by atoms with Crippen LogP contribution in [0.25, 0.3) is 6.08 Å². The number of aromatic hydroxyl groups is 1. The Balaban J connectivity index is 0.000000396. The van der Waals surface area contributed by atoms with Crippen molar-refractivity contribution in [2.45, 2.75) is 0 Å². The summed E-state index contributed by atoms with van der Waals surface area (Å²) in [5.41, 5.74) is 10.3. The van der Waals surface area contributed by atoms with Gasteiger partial charge in [0.1, 0.15) is 12.3 Å². The second kappa shape index (κ2) is 8.97. The SMILES string of the molecule is NC(N)=NCC(=O)O.O=C(O)C=Cc1cccc(O)c1. The predicted molar refractivity (Wildman–Crippen MR) is 73.1 cm³/mol. The van der Waals surface area contributed by atoms with Gasteiger partial charge in [-0.3, -0.25) is 4.79 Å². The fourth-order valence-electron chi connectivity index (χ4n) is 0.955. The average Bonchev–Trinajstić information content (AvgIpc) is 2.35. The molecule has 0 aliphatic heterocycles. The third kappa shape index (κ3) is 10.1. The number of aliphatic carboxylic acids is 2. The fraction of sp³-hybridized carbons (Fsp3) is 0.0833. The minimum atomic E-state index is -1.04. The molecule has 1 aromatic carbocycles. The number of nitrogens with two attached hydrogens (primary N) is 2. The van der Waals surface area contributed by atoms with Crippen molar-refractivity contribution in [2.24, 2.45) is 16.5 Å². The van der Waals surface area contributed by atoms with Gasteiger partial charge in [0.2, 0.25) is 0 Å². The van der Waals surface area contributed by atoms with E-state index in [1.807, 2.05) is 0 Å². The number of hydrogen-bond acceptors (Lipinski definition) is 4. The van der Waals surface area contributed by atoms with E-state index >= 15 is 0 Å². The molecule has 8 nitrogen and oxygen atoms in total.